The monoisotopic (exact) mass is 297 g/mol. The lowest BCUT2D eigenvalue weighted by molar-refractivity contribution is -0.384. The van der Waals surface area contributed by atoms with Crippen molar-refractivity contribution in [2.75, 3.05) is 18.4 Å². The fraction of sp³-hybridized carbons (Fsp3) is 0.462. The average Bonchev–Trinajstić information content (AvgIpc) is 2.79. The lowest BCUT2D eigenvalue weighted by atomic mass is 9.97. The Hall–Kier alpha value is -1.66. The summed E-state index contributed by atoms with van der Waals surface area (Å²) in [7, 11) is 0. The van der Waals surface area contributed by atoms with Crippen molar-refractivity contribution in [1.29, 1.82) is 0 Å². The van der Waals surface area contributed by atoms with E-state index in [0.717, 1.165) is 6.54 Å². The van der Waals surface area contributed by atoms with E-state index in [2.05, 4.69) is 10.6 Å². The van der Waals surface area contributed by atoms with Gasteiger partial charge in [-0.3, -0.25) is 14.9 Å². The van der Waals surface area contributed by atoms with Gasteiger partial charge in [-0.1, -0.05) is 18.5 Å². The van der Waals surface area contributed by atoms with Gasteiger partial charge in [0.1, 0.15) is 5.02 Å². The Balaban J connectivity index is 2.19. The van der Waals surface area contributed by atoms with Crippen LogP contribution in [0.3, 0.4) is 0 Å². The van der Waals surface area contributed by atoms with Crippen LogP contribution in [0.15, 0.2) is 12.1 Å². The standard InChI is InChI=1S/C13H16ClN3O3/c1-7-3-12(17(19)20)10(14)4-11(7)16-13(18)9-6-15-5-8(9)2/h3-4,8-9,15H,5-6H2,1-2H3,(H,16,18)/t8-,9-/m1/s1. The minimum absolute atomic E-state index is 0.0218. The summed E-state index contributed by atoms with van der Waals surface area (Å²) in [6.07, 6.45) is 0. The van der Waals surface area contributed by atoms with Gasteiger partial charge in [0, 0.05) is 18.3 Å². The molecule has 0 radical (unpaired) electrons. The molecule has 1 amide bonds. The third-order valence-electron chi connectivity index (χ3n) is 3.60. The molecule has 0 bridgehead atoms. The summed E-state index contributed by atoms with van der Waals surface area (Å²) in [4.78, 5) is 22.4. The SMILES string of the molecule is Cc1cc([N+](=O)[O-])c(Cl)cc1NC(=O)[C@@H]1CNC[C@H]1C. The van der Waals surface area contributed by atoms with Crippen LogP contribution >= 0.6 is 11.6 Å². The summed E-state index contributed by atoms with van der Waals surface area (Å²) in [5, 5.41) is 16.8. The lowest BCUT2D eigenvalue weighted by Gasteiger charge is -2.15. The van der Waals surface area contributed by atoms with Crippen LogP contribution in [0.2, 0.25) is 5.02 Å². The van der Waals surface area contributed by atoms with E-state index in [0.29, 0.717) is 17.8 Å². The molecular formula is C13H16ClN3O3. The molecule has 1 fully saturated rings. The number of nitro benzene ring substituents is 1. The smallest absolute Gasteiger partial charge is 0.288 e. The van der Waals surface area contributed by atoms with Gasteiger partial charge in [0.15, 0.2) is 0 Å². The zero-order valence-corrected chi connectivity index (χ0v) is 12.0. The van der Waals surface area contributed by atoms with Gasteiger partial charge in [-0.2, -0.15) is 0 Å². The number of nitrogens with zero attached hydrogens (tertiary/aromatic N) is 1. The fourth-order valence-corrected chi connectivity index (χ4v) is 2.56. The van der Waals surface area contributed by atoms with Crippen LogP contribution < -0.4 is 10.6 Å². The van der Waals surface area contributed by atoms with E-state index >= 15 is 0 Å². The number of anilines is 1. The number of aryl methyl sites for hydroxylation is 1. The van der Waals surface area contributed by atoms with Crippen LogP contribution in [-0.2, 0) is 4.79 Å². The molecule has 7 heteroatoms. The molecule has 108 valence electrons. The Morgan fingerprint density at radius 3 is 2.75 bits per heavy atom. The second kappa shape index (κ2) is 5.76. The first kappa shape index (κ1) is 14.7. The summed E-state index contributed by atoms with van der Waals surface area (Å²) in [5.41, 5.74) is 0.982. The molecule has 0 aliphatic carbocycles. The van der Waals surface area contributed by atoms with Crippen molar-refractivity contribution in [1.82, 2.24) is 5.32 Å². The Morgan fingerprint density at radius 1 is 1.50 bits per heavy atom. The predicted octanol–water partition coefficient (Wildman–Crippen LogP) is 2.35. The van der Waals surface area contributed by atoms with Crippen molar-refractivity contribution in [2.24, 2.45) is 11.8 Å². The molecule has 1 heterocycles. The number of amides is 1. The molecule has 1 aliphatic heterocycles. The summed E-state index contributed by atoms with van der Waals surface area (Å²) in [5.74, 6) is 0.0858. The number of nitrogens with one attached hydrogen (secondary N) is 2. The van der Waals surface area contributed by atoms with Crippen LogP contribution in [0.4, 0.5) is 11.4 Å². The molecule has 0 saturated carbocycles. The van der Waals surface area contributed by atoms with Crippen LogP contribution in [-0.4, -0.2) is 23.9 Å². The first-order valence-electron chi connectivity index (χ1n) is 6.36. The number of carbonyl (C=O) groups is 1. The van der Waals surface area contributed by atoms with Gasteiger partial charge in [-0.15, -0.1) is 0 Å². The number of hydrogen-bond donors (Lipinski definition) is 2. The zero-order chi connectivity index (χ0) is 14.9. The second-order valence-electron chi connectivity index (χ2n) is 5.11. The van der Waals surface area contributed by atoms with Gasteiger partial charge < -0.3 is 10.6 Å². The highest BCUT2D eigenvalue weighted by atomic mass is 35.5. The highest BCUT2D eigenvalue weighted by Crippen LogP contribution is 2.31. The largest absolute Gasteiger partial charge is 0.325 e. The van der Waals surface area contributed by atoms with Crippen molar-refractivity contribution in [3.05, 3.63) is 32.8 Å². The van der Waals surface area contributed by atoms with Crippen molar-refractivity contribution < 1.29 is 9.72 Å². The maximum Gasteiger partial charge on any atom is 0.288 e. The Kier molecular flexibility index (Phi) is 4.25. The molecule has 0 aromatic heterocycles. The van der Waals surface area contributed by atoms with E-state index in [9.17, 15) is 14.9 Å². The number of halogens is 1. The van der Waals surface area contributed by atoms with Gasteiger partial charge in [0.05, 0.1) is 10.8 Å². The average molecular weight is 298 g/mol. The number of carbonyl (C=O) groups excluding carboxylic acids is 1. The van der Waals surface area contributed by atoms with E-state index in [4.69, 9.17) is 11.6 Å². The van der Waals surface area contributed by atoms with Crippen molar-refractivity contribution in [3.8, 4) is 0 Å². The summed E-state index contributed by atoms with van der Waals surface area (Å²) >= 11 is 5.86. The molecule has 1 aromatic carbocycles. The van der Waals surface area contributed by atoms with Crippen LogP contribution in [0.5, 0.6) is 0 Å². The van der Waals surface area contributed by atoms with Gasteiger partial charge in [0.2, 0.25) is 5.91 Å². The molecule has 1 saturated heterocycles. The van der Waals surface area contributed by atoms with Gasteiger partial charge in [0.25, 0.3) is 5.69 Å². The maximum absolute atomic E-state index is 12.2. The molecule has 1 aromatic rings. The highest BCUT2D eigenvalue weighted by Gasteiger charge is 2.30. The Morgan fingerprint density at radius 2 is 2.20 bits per heavy atom. The van der Waals surface area contributed by atoms with Gasteiger partial charge >= 0.3 is 0 Å². The fourth-order valence-electron chi connectivity index (χ4n) is 2.33. The van der Waals surface area contributed by atoms with Gasteiger partial charge in [-0.05, 0) is 31.0 Å². The highest BCUT2D eigenvalue weighted by molar-refractivity contribution is 6.33. The van der Waals surface area contributed by atoms with Crippen molar-refractivity contribution >= 4 is 28.9 Å². The van der Waals surface area contributed by atoms with Crippen LogP contribution in [0.1, 0.15) is 12.5 Å². The molecule has 1 aliphatic rings. The third kappa shape index (κ3) is 2.91. The maximum atomic E-state index is 12.2. The minimum Gasteiger partial charge on any atom is -0.325 e. The summed E-state index contributed by atoms with van der Waals surface area (Å²) in [6.45, 7) is 5.18. The van der Waals surface area contributed by atoms with E-state index < -0.39 is 4.92 Å². The summed E-state index contributed by atoms with van der Waals surface area (Å²) in [6, 6.07) is 2.80. The minimum atomic E-state index is -0.538. The molecule has 2 atom stereocenters. The van der Waals surface area contributed by atoms with E-state index in [-0.39, 0.29) is 28.5 Å². The normalized spacial score (nSPS) is 21.8. The molecular weight excluding hydrogens is 282 g/mol. The third-order valence-corrected chi connectivity index (χ3v) is 3.91. The number of hydrogen-bond acceptors (Lipinski definition) is 4. The predicted molar refractivity (Wildman–Crippen MR) is 77.0 cm³/mol. The first-order valence-corrected chi connectivity index (χ1v) is 6.74. The quantitative estimate of drug-likeness (QED) is 0.662. The van der Waals surface area contributed by atoms with E-state index in [1.807, 2.05) is 6.92 Å². The van der Waals surface area contributed by atoms with Gasteiger partial charge in [-0.25, -0.2) is 0 Å². The van der Waals surface area contributed by atoms with Crippen molar-refractivity contribution in [2.45, 2.75) is 13.8 Å². The molecule has 0 spiro atoms. The Bertz CT molecular complexity index is 562. The lowest BCUT2D eigenvalue weighted by Crippen LogP contribution is -2.28. The Labute approximate surface area is 121 Å². The molecule has 2 N–H and O–H groups in total. The van der Waals surface area contributed by atoms with Crippen molar-refractivity contribution in [3.63, 3.8) is 0 Å². The summed E-state index contributed by atoms with van der Waals surface area (Å²) < 4.78 is 0. The topological polar surface area (TPSA) is 84.3 Å². The number of benzene rings is 1. The second-order valence-corrected chi connectivity index (χ2v) is 5.51. The molecule has 20 heavy (non-hydrogen) atoms. The number of nitro groups is 1. The molecule has 6 nitrogen and oxygen atoms in total. The first-order chi connectivity index (χ1) is 9.40. The van der Waals surface area contributed by atoms with Crippen LogP contribution in [0, 0.1) is 28.9 Å². The van der Waals surface area contributed by atoms with E-state index in [1.165, 1.54) is 12.1 Å². The van der Waals surface area contributed by atoms with E-state index in [1.54, 1.807) is 6.92 Å². The zero-order valence-electron chi connectivity index (χ0n) is 11.3. The number of rotatable bonds is 3. The van der Waals surface area contributed by atoms with Crippen LogP contribution in [0.25, 0.3) is 0 Å². The molecule has 2 rings (SSSR count). The molecule has 0 unspecified atom stereocenters.